The quantitative estimate of drug-likeness (QED) is 0.458. The molecule has 2 saturated carbocycles. The highest BCUT2D eigenvalue weighted by Crippen LogP contribution is 2.46. The van der Waals surface area contributed by atoms with E-state index in [0.717, 1.165) is 31.0 Å². The number of carbonyl (C=O) groups excluding carboxylic acids is 2. The highest BCUT2D eigenvalue weighted by atomic mass is 16.6. The molecule has 0 aliphatic heterocycles. The van der Waals surface area contributed by atoms with E-state index in [2.05, 4.69) is 0 Å². The number of esters is 1. The maximum atomic E-state index is 12.1. The van der Waals surface area contributed by atoms with Gasteiger partial charge in [0.1, 0.15) is 5.78 Å². The van der Waals surface area contributed by atoms with Crippen molar-refractivity contribution in [3.05, 3.63) is 44.0 Å². The van der Waals surface area contributed by atoms with E-state index in [1.807, 2.05) is 0 Å². The summed E-state index contributed by atoms with van der Waals surface area (Å²) in [6, 6.07) is 2.67. The molecule has 0 N–H and O–H groups in total. The Morgan fingerprint density at radius 1 is 1.12 bits per heavy atom. The van der Waals surface area contributed by atoms with Crippen molar-refractivity contribution in [1.82, 2.24) is 0 Å². The van der Waals surface area contributed by atoms with Crippen LogP contribution < -0.4 is 0 Å². The molecule has 2 aliphatic carbocycles. The molecule has 0 heterocycles. The predicted octanol–water partition coefficient (Wildman–Crippen LogP) is 2.28. The number of hydrogen-bond acceptors (Lipinski definition) is 7. The summed E-state index contributed by atoms with van der Waals surface area (Å²) in [6.07, 6.45) is 2.23. The van der Waals surface area contributed by atoms with Gasteiger partial charge >= 0.3 is 5.97 Å². The topological polar surface area (TPSA) is 130 Å². The normalized spacial score (nSPS) is 24.8. The first-order valence-electron chi connectivity index (χ1n) is 7.49. The van der Waals surface area contributed by atoms with Crippen LogP contribution in [0.15, 0.2) is 18.2 Å². The number of fused-ring (bicyclic) bond motifs is 2. The predicted molar refractivity (Wildman–Crippen MR) is 79.4 cm³/mol. The van der Waals surface area contributed by atoms with Gasteiger partial charge in [-0.3, -0.25) is 25.0 Å². The van der Waals surface area contributed by atoms with Crippen LogP contribution in [-0.4, -0.2) is 28.2 Å². The molecule has 0 spiro atoms. The van der Waals surface area contributed by atoms with E-state index < -0.39 is 27.2 Å². The Labute approximate surface area is 135 Å². The van der Waals surface area contributed by atoms with Crippen molar-refractivity contribution < 1.29 is 24.2 Å². The first-order valence-corrected chi connectivity index (χ1v) is 7.49. The van der Waals surface area contributed by atoms with Gasteiger partial charge in [-0.25, -0.2) is 4.79 Å². The highest BCUT2D eigenvalue weighted by Gasteiger charge is 2.45. The van der Waals surface area contributed by atoms with Crippen molar-refractivity contribution in [3.8, 4) is 0 Å². The first-order chi connectivity index (χ1) is 11.3. The molecule has 126 valence electrons. The minimum atomic E-state index is -0.864. The standard InChI is InChI=1S/C15H14N2O7/c18-14-3-8-1-10(13(14)2-8)7-24-15(19)9-4-11(16(20)21)6-12(5-9)17(22)23/h4-6,8,10,13H,1-3,7H2. The molecule has 0 amide bonds. The zero-order chi connectivity index (χ0) is 17.4. The minimum Gasteiger partial charge on any atom is -0.462 e. The maximum absolute atomic E-state index is 12.1. The van der Waals surface area contributed by atoms with Crippen LogP contribution in [-0.2, 0) is 9.53 Å². The second-order valence-electron chi connectivity index (χ2n) is 6.23. The summed E-state index contributed by atoms with van der Waals surface area (Å²) in [5, 5.41) is 21.7. The molecule has 9 heteroatoms. The van der Waals surface area contributed by atoms with Crippen molar-refractivity contribution in [3.63, 3.8) is 0 Å². The van der Waals surface area contributed by atoms with Crippen LogP contribution in [0.3, 0.4) is 0 Å². The van der Waals surface area contributed by atoms with Crippen LogP contribution in [0.4, 0.5) is 11.4 Å². The lowest BCUT2D eigenvalue weighted by Gasteiger charge is -2.20. The van der Waals surface area contributed by atoms with Gasteiger partial charge in [0, 0.05) is 30.4 Å². The zero-order valence-electron chi connectivity index (χ0n) is 12.5. The van der Waals surface area contributed by atoms with E-state index in [0.29, 0.717) is 12.3 Å². The number of hydrogen-bond donors (Lipinski definition) is 0. The lowest BCUT2D eigenvalue weighted by atomic mass is 9.88. The molecule has 1 aromatic rings. The average Bonchev–Trinajstić information content (AvgIpc) is 3.10. The third-order valence-electron chi connectivity index (χ3n) is 4.68. The number of Topliss-reactive ketones (excluding diaryl/α,β-unsaturated/α-hetero) is 1. The van der Waals surface area contributed by atoms with E-state index in [9.17, 15) is 29.8 Å². The first kappa shape index (κ1) is 16.0. The molecule has 2 bridgehead atoms. The van der Waals surface area contributed by atoms with Crippen LogP contribution in [0.1, 0.15) is 29.6 Å². The number of carbonyl (C=O) groups is 2. The lowest BCUT2D eigenvalue weighted by molar-refractivity contribution is -0.394. The summed E-state index contributed by atoms with van der Waals surface area (Å²) in [5.41, 5.74) is -1.34. The van der Waals surface area contributed by atoms with Gasteiger partial charge in [-0.05, 0) is 18.8 Å². The van der Waals surface area contributed by atoms with E-state index in [1.54, 1.807) is 0 Å². The number of nitrogens with zero attached hydrogens (tertiary/aromatic N) is 2. The fourth-order valence-electron chi connectivity index (χ4n) is 3.61. The van der Waals surface area contributed by atoms with E-state index in [4.69, 9.17) is 4.74 Å². The molecule has 24 heavy (non-hydrogen) atoms. The van der Waals surface area contributed by atoms with Crippen molar-refractivity contribution in [1.29, 1.82) is 0 Å². The van der Waals surface area contributed by atoms with Crippen molar-refractivity contribution in [2.24, 2.45) is 17.8 Å². The smallest absolute Gasteiger partial charge is 0.338 e. The van der Waals surface area contributed by atoms with Gasteiger partial charge in [-0.2, -0.15) is 0 Å². The summed E-state index contributed by atoms with van der Waals surface area (Å²) in [4.78, 5) is 43.8. The molecule has 2 aliphatic rings. The Bertz CT molecular complexity index is 713. The molecule has 3 rings (SSSR count). The third-order valence-corrected chi connectivity index (χ3v) is 4.68. The van der Waals surface area contributed by atoms with Gasteiger partial charge in [0.15, 0.2) is 0 Å². The molecule has 0 aromatic heterocycles. The summed E-state index contributed by atoms with van der Waals surface area (Å²) in [5.74, 6) is -0.434. The van der Waals surface area contributed by atoms with Crippen molar-refractivity contribution >= 4 is 23.1 Å². The molecule has 2 fully saturated rings. The number of benzene rings is 1. The Hall–Kier alpha value is -2.84. The highest BCUT2D eigenvalue weighted by molar-refractivity contribution is 5.91. The van der Waals surface area contributed by atoms with Crippen molar-refractivity contribution in [2.75, 3.05) is 6.61 Å². The van der Waals surface area contributed by atoms with Crippen LogP contribution in [0, 0.1) is 38.0 Å². The monoisotopic (exact) mass is 334 g/mol. The molecule has 0 saturated heterocycles. The zero-order valence-corrected chi connectivity index (χ0v) is 12.5. The van der Waals surface area contributed by atoms with Gasteiger partial charge in [-0.15, -0.1) is 0 Å². The van der Waals surface area contributed by atoms with Gasteiger partial charge in [-0.1, -0.05) is 0 Å². The van der Waals surface area contributed by atoms with Crippen LogP contribution in [0.25, 0.3) is 0 Å². The molecular weight excluding hydrogens is 320 g/mol. The molecule has 1 aromatic carbocycles. The SMILES string of the molecule is O=C(OCC1CC2CC(=O)C1C2)c1cc([N+](=O)[O-])cc([N+](=O)[O-])c1. The Kier molecular flexibility index (Phi) is 4.00. The van der Waals surface area contributed by atoms with E-state index in [-0.39, 0.29) is 29.8 Å². The number of ketones is 1. The second kappa shape index (κ2) is 5.99. The third kappa shape index (κ3) is 2.97. The van der Waals surface area contributed by atoms with Gasteiger partial charge < -0.3 is 4.74 Å². The lowest BCUT2D eigenvalue weighted by Crippen LogP contribution is -2.25. The minimum absolute atomic E-state index is 0.0334. The van der Waals surface area contributed by atoms with E-state index in [1.165, 1.54) is 0 Å². The Balaban J connectivity index is 1.72. The number of nitro benzene ring substituents is 2. The molecule has 0 radical (unpaired) electrons. The fourth-order valence-corrected chi connectivity index (χ4v) is 3.61. The van der Waals surface area contributed by atoms with E-state index >= 15 is 0 Å². The van der Waals surface area contributed by atoms with Gasteiger partial charge in [0.25, 0.3) is 11.4 Å². The number of ether oxygens (including phenoxy) is 1. The fraction of sp³-hybridized carbons (Fsp3) is 0.467. The molecule has 3 atom stereocenters. The largest absolute Gasteiger partial charge is 0.462 e. The van der Waals surface area contributed by atoms with Crippen LogP contribution in [0.2, 0.25) is 0 Å². The summed E-state index contributed by atoms with van der Waals surface area (Å²) in [7, 11) is 0. The average molecular weight is 334 g/mol. The van der Waals surface area contributed by atoms with Gasteiger partial charge in [0.2, 0.25) is 0 Å². The molecule has 3 unspecified atom stereocenters. The van der Waals surface area contributed by atoms with Gasteiger partial charge in [0.05, 0.1) is 28.1 Å². The van der Waals surface area contributed by atoms with Crippen molar-refractivity contribution in [2.45, 2.75) is 19.3 Å². The summed E-state index contributed by atoms with van der Waals surface area (Å²) < 4.78 is 5.15. The number of nitro groups is 2. The van der Waals surface area contributed by atoms with Crippen LogP contribution in [0.5, 0.6) is 0 Å². The number of rotatable bonds is 5. The molecular formula is C15H14N2O7. The Morgan fingerprint density at radius 3 is 2.25 bits per heavy atom. The number of non-ortho nitro benzene ring substituents is 2. The summed E-state index contributed by atoms with van der Waals surface area (Å²) >= 11 is 0. The summed E-state index contributed by atoms with van der Waals surface area (Å²) in [6.45, 7) is 0.0439. The van der Waals surface area contributed by atoms with Crippen LogP contribution >= 0.6 is 0 Å². The molecule has 9 nitrogen and oxygen atoms in total. The maximum Gasteiger partial charge on any atom is 0.338 e. The second-order valence-corrected chi connectivity index (χ2v) is 6.23. The Morgan fingerprint density at radius 2 is 1.75 bits per heavy atom.